The number of methoxy groups -OCH3 is 1. The first-order valence-electron chi connectivity index (χ1n) is 9.24. The lowest BCUT2D eigenvalue weighted by Gasteiger charge is -2.17. The molecule has 0 saturated heterocycles. The zero-order valence-corrected chi connectivity index (χ0v) is 17.4. The molecule has 0 saturated carbocycles. The number of anilines is 1. The zero-order valence-electron chi connectivity index (χ0n) is 16.6. The quantitative estimate of drug-likeness (QED) is 0.460. The summed E-state index contributed by atoms with van der Waals surface area (Å²) in [5.74, 6) is -2.13. The van der Waals surface area contributed by atoms with E-state index in [9.17, 15) is 24.8 Å². The monoisotopic (exact) mass is 450 g/mol. The van der Waals surface area contributed by atoms with Gasteiger partial charge >= 0.3 is 5.97 Å². The minimum atomic E-state index is -0.828. The molecule has 0 fully saturated rings. The molecule has 2 aromatic carbocycles. The molecule has 1 aliphatic heterocycles. The average Bonchev–Trinajstić information content (AvgIpc) is 3.25. The highest BCUT2D eigenvalue weighted by Gasteiger charge is 2.35. The van der Waals surface area contributed by atoms with Gasteiger partial charge in [0.05, 0.1) is 46.7 Å². The number of imide groups is 1. The van der Waals surface area contributed by atoms with E-state index in [0.29, 0.717) is 16.7 Å². The van der Waals surface area contributed by atoms with Crippen LogP contribution in [-0.4, -0.2) is 39.5 Å². The molecule has 4 rings (SSSR count). The minimum absolute atomic E-state index is 0.00771. The van der Waals surface area contributed by atoms with E-state index in [0.717, 1.165) is 12.0 Å². The van der Waals surface area contributed by atoms with Gasteiger partial charge in [-0.15, -0.1) is 0 Å². The van der Waals surface area contributed by atoms with Gasteiger partial charge in [-0.3, -0.25) is 14.5 Å². The lowest BCUT2D eigenvalue weighted by molar-refractivity contribution is 0.0590. The van der Waals surface area contributed by atoms with Gasteiger partial charge in [0.15, 0.2) is 11.4 Å². The lowest BCUT2D eigenvalue weighted by Crippen LogP contribution is -2.29. The van der Waals surface area contributed by atoms with Gasteiger partial charge in [0.1, 0.15) is 6.07 Å². The minimum Gasteiger partial charge on any atom is -0.504 e. The Morgan fingerprint density at radius 2 is 1.84 bits per heavy atom. The van der Waals surface area contributed by atoms with Crippen LogP contribution in [0.3, 0.4) is 0 Å². The first-order valence-corrected chi connectivity index (χ1v) is 9.62. The third kappa shape index (κ3) is 3.14. The number of hydrogen-bond donors (Lipinski definition) is 2. The summed E-state index contributed by atoms with van der Waals surface area (Å²) in [6.45, 7) is -0.130. The fourth-order valence-corrected chi connectivity index (χ4v) is 3.82. The van der Waals surface area contributed by atoms with Gasteiger partial charge in [0.25, 0.3) is 11.8 Å². The Kier molecular flexibility index (Phi) is 5.08. The molecule has 10 heteroatoms. The Morgan fingerprint density at radius 1 is 1.22 bits per heavy atom. The van der Waals surface area contributed by atoms with Crippen LogP contribution < -0.4 is 5.73 Å². The molecule has 1 aliphatic rings. The highest BCUT2D eigenvalue weighted by molar-refractivity contribution is 6.32. The Balaban J connectivity index is 1.80. The maximum atomic E-state index is 12.7. The van der Waals surface area contributed by atoms with Crippen LogP contribution in [0.25, 0.3) is 5.69 Å². The number of nitrogens with zero attached hydrogens (tertiary/aromatic N) is 3. The van der Waals surface area contributed by atoms with E-state index in [-0.39, 0.29) is 39.9 Å². The van der Waals surface area contributed by atoms with Gasteiger partial charge in [-0.25, -0.2) is 4.79 Å². The fraction of sp³-hybridized carbons (Fsp3) is 0.0909. The number of nitrogen functional groups attached to an aromatic ring is 1. The van der Waals surface area contributed by atoms with Gasteiger partial charge < -0.3 is 20.1 Å². The Morgan fingerprint density at radius 3 is 2.41 bits per heavy atom. The van der Waals surface area contributed by atoms with Crippen molar-refractivity contribution < 1.29 is 24.2 Å². The first kappa shape index (κ1) is 21.0. The van der Waals surface area contributed by atoms with E-state index < -0.39 is 17.8 Å². The van der Waals surface area contributed by atoms with Crippen LogP contribution in [0.15, 0.2) is 42.6 Å². The number of phenolic OH excluding ortho intramolecular Hbond substituents is 1. The molecule has 0 aliphatic carbocycles. The number of carbonyl (C=O) groups is 3. The molecule has 0 bridgehead atoms. The van der Waals surface area contributed by atoms with E-state index in [1.54, 1.807) is 24.3 Å². The van der Waals surface area contributed by atoms with Crippen molar-refractivity contribution in [3.8, 4) is 17.5 Å². The molecule has 1 aromatic heterocycles. The summed E-state index contributed by atoms with van der Waals surface area (Å²) in [5.41, 5.74) is 6.63. The van der Waals surface area contributed by atoms with Crippen molar-refractivity contribution in [3.63, 3.8) is 0 Å². The van der Waals surface area contributed by atoms with Crippen LogP contribution in [0.1, 0.15) is 42.3 Å². The number of nitrogens with two attached hydrogens (primary N) is 1. The molecule has 0 unspecified atom stereocenters. The van der Waals surface area contributed by atoms with E-state index in [2.05, 4.69) is 0 Å². The molecular weight excluding hydrogens is 436 g/mol. The number of benzene rings is 2. The number of fused-ring (bicyclic) bond motifs is 1. The van der Waals surface area contributed by atoms with Crippen molar-refractivity contribution in [1.29, 1.82) is 5.26 Å². The average molecular weight is 451 g/mol. The topological polar surface area (TPSA) is 139 Å². The molecule has 160 valence electrons. The SMILES string of the molecule is COC(=O)c1c(N)c(C#N)cn1-c1cc(CN2C(=O)c3ccccc3C2=O)cc(Cl)c1O. The number of hydrogen-bond acceptors (Lipinski definition) is 7. The van der Waals surface area contributed by atoms with Crippen LogP contribution in [0.4, 0.5) is 5.69 Å². The Bertz CT molecular complexity index is 1320. The predicted octanol–water partition coefficient (Wildman–Crippen LogP) is 2.87. The second kappa shape index (κ2) is 7.76. The number of nitriles is 1. The summed E-state index contributed by atoms with van der Waals surface area (Å²) in [4.78, 5) is 38.7. The van der Waals surface area contributed by atoms with E-state index in [4.69, 9.17) is 22.1 Å². The van der Waals surface area contributed by atoms with Crippen LogP contribution in [-0.2, 0) is 11.3 Å². The van der Waals surface area contributed by atoms with Gasteiger partial charge in [0.2, 0.25) is 0 Å². The number of aromatic nitrogens is 1. The molecule has 2 amide bonds. The Labute approximate surface area is 186 Å². The second-order valence-electron chi connectivity index (χ2n) is 6.97. The van der Waals surface area contributed by atoms with Crippen LogP contribution in [0.5, 0.6) is 5.75 Å². The van der Waals surface area contributed by atoms with Crippen LogP contribution in [0, 0.1) is 11.3 Å². The van der Waals surface area contributed by atoms with E-state index in [1.807, 2.05) is 6.07 Å². The van der Waals surface area contributed by atoms with Crippen molar-refractivity contribution in [2.75, 3.05) is 12.8 Å². The van der Waals surface area contributed by atoms with Crippen molar-refractivity contribution in [1.82, 2.24) is 9.47 Å². The van der Waals surface area contributed by atoms with Crippen molar-refractivity contribution in [3.05, 3.63) is 75.6 Å². The first-order chi connectivity index (χ1) is 15.3. The smallest absolute Gasteiger partial charge is 0.357 e. The predicted molar refractivity (Wildman–Crippen MR) is 114 cm³/mol. The highest BCUT2D eigenvalue weighted by Crippen LogP contribution is 2.36. The summed E-state index contributed by atoms with van der Waals surface area (Å²) in [6, 6.07) is 11.2. The number of aromatic hydroxyl groups is 1. The highest BCUT2D eigenvalue weighted by atomic mass is 35.5. The maximum absolute atomic E-state index is 12.7. The van der Waals surface area contributed by atoms with Crippen molar-refractivity contribution >= 4 is 35.1 Å². The Hall–Kier alpha value is -4.29. The third-order valence-electron chi connectivity index (χ3n) is 5.13. The number of carbonyl (C=O) groups excluding carboxylic acids is 3. The molecule has 0 atom stereocenters. The third-order valence-corrected chi connectivity index (χ3v) is 5.41. The normalized spacial score (nSPS) is 12.6. The number of halogens is 1. The maximum Gasteiger partial charge on any atom is 0.357 e. The zero-order chi connectivity index (χ0) is 23.2. The number of esters is 1. The number of ether oxygens (including phenoxy) is 1. The lowest BCUT2D eigenvalue weighted by atomic mass is 10.1. The van der Waals surface area contributed by atoms with E-state index in [1.165, 1.54) is 22.9 Å². The van der Waals surface area contributed by atoms with Gasteiger partial charge in [-0.2, -0.15) is 5.26 Å². The molecule has 2 heterocycles. The van der Waals surface area contributed by atoms with Gasteiger partial charge in [-0.05, 0) is 29.8 Å². The molecule has 3 aromatic rings. The van der Waals surface area contributed by atoms with Gasteiger partial charge in [-0.1, -0.05) is 23.7 Å². The van der Waals surface area contributed by atoms with E-state index >= 15 is 0 Å². The summed E-state index contributed by atoms with van der Waals surface area (Å²) in [7, 11) is 1.15. The van der Waals surface area contributed by atoms with Gasteiger partial charge in [0, 0.05) is 6.20 Å². The van der Waals surface area contributed by atoms with Crippen LogP contribution >= 0.6 is 11.6 Å². The van der Waals surface area contributed by atoms with Crippen molar-refractivity contribution in [2.24, 2.45) is 0 Å². The summed E-state index contributed by atoms with van der Waals surface area (Å²) >= 11 is 6.20. The molecule has 3 N–H and O–H groups in total. The standard InChI is InChI=1S/C22H15ClN4O5/c1-32-22(31)18-17(25)12(8-24)10-26(18)16-7-11(6-15(23)19(16)28)9-27-20(29)13-4-2-3-5-14(13)21(27)30/h2-7,10,28H,9,25H2,1H3. The number of rotatable bonds is 4. The molecule has 0 spiro atoms. The van der Waals surface area contributed by atoms with Crippen LogP contribution in [0.2, 0.25) is 5.02 Å². The van der Waals surface area contributed by atoms with Crippen molar-refractivity contribution in [2.45, 2.75) is 6.54 Å². The molecule has 32 heavy (non-hydrogen) atoms. The molecule has 0 radical (unpaired) electrons. The molecule has 9 nitrogen and oxygen atoms in total. The summed E-state index contributed by atoms with van der Waals surface area (Å²) < 4.78 is 5.93. The number of amides is 2. The number of phenols is 1. The second-order valence-corrected chi connectivity index (χ2v) is 7.37. The largest absolute Gasteiger partial charge is 0.504 e. The summed E-state index contributed by atoms with van der Waals surface area (Å²) in [5, 5.41) is 19.8. The summed E-state index contributed by atoms with van der Waals surface area (Å²) in [6.07, 6.45) is 1.26. The molecular formula is C22H15ClN4O5. The fourth-order valence-electron chi connectivity index (χ4n) is 3.58.